The van der Waals surface area contributed by atoms with Crippen molar-refractivity contribution in [2.24, 2.45) is 0 Å². The molecule has 5 nitrogen and oxygen atoms in total. The number of aromatic nitrogens is 1. The van der Waals surface area contributed by atoms with Gasteiger partial charge in [-0.05, 0) is 36.6 Å². The molecule has 0 aliphatic heterocycles. The molecule has 4 rings (SSSR count). The van der Waals surface area contributed by atoms with Crippen LogP contribution in [0.4, 0.5) is 5.13 Å². The SMILES string of the molecule is Cc1csc(NC(=O)CN(C(=O)c2cccc3ccccc23)C2CCCCC2)n1. The number of hydrogen-bond acceptors (Lipinski definition) is 4. The minimum atomic E-state index is -0.196. The van der Waals surface area contributed by atoms with Crippen LogP contribution >= 0.6 is 11.3 Å². The number of hydrogen-bond donors (Lipinski definition) is 1. The molecular formula is C23H25N3O2S. The Hall–Kier alpha value is -2.73. The van der Waals surface area contributed by atoms with Gasteiger partial charge in [-0.15, -0.1) is 11.3 Å². The molecule has 1 aliphatic rings. The van der Waals surface area contributed by atoms with Crippen LogP contribution in [0.1, 0.15) is 48.2 Å². The van der Waals surface area contributed by atoms with E-state index in [1.807, 2.05) is 54.8 Å². The molecule has 1 saturated carbocycles. The molecule has 3 aromatic rings. The summed E-state index contributed by atoms with van der Waals surface area (Å²) in [4.78, 5) is 32.4. The highest BCUT2D eigenvalue weighted by molar-refractivity contribution is 7.13. The quantitative estimate of drug-likeness (QED) is 0.646. The average molecular weight is 408 g/mol. The fraction of sp³-hybridized carbons (Fsp3) is 0.348. The van der Waals surface area contributed by atoms with Gasteiger partial charge in [0.2, 0.25) is 5.91 Å². The molecule has 150 valence electrons. The first-order valence-corrected chi connectivity index (χ1v) is 11.0. The molecule has 2 aromatic carbocycles. The molecule has 0 radical (unpaired) electrons. The third-order valence-electron chi connectivity index (χ3n) is 5.48. The number of nitrogens with one attached hydrogen (secondary N) is 1. The van der Waals surface area contributed by atoms with E-state index in [0.29, 0.717) is 10.7 Å². The zero-order valence-electron chi connectivity index (χ0n) is 16.6. The molecule has 0 spiro atoms. The first-order valence-electron chi connectivity index (χ1n) is 10.1. The van der Waals surface area contributed by atoms with Crippen molar-refractivity contribution in [3.8, 4) is 0 Å². The molecule has 1 N–H and O–H groups in total. The number of fused-ring (bicyclic) bond motifs is 1. The molecule has 29 heavy (non-hydrogen) atoms. The number of benzene rings is 2. The van der Waals surface area contributed by atoms with Gasteiger partial charge in [-0.1, -0.05) is 55.7 Å². The van der Waals surface area contributed by atoms with Crippen LogP contribution < -0.4 is 5.32 Å². The number of carbonyl (C=O) groups is 2. The van der Waals surface area contributed by atoms with Gasteiger partial charge in [0.05, 0.1) is 5.69 Å². The first kappa shape index (κ1) is 19.6. The Balaban J connectivity index is 1.60. The van der Waals surface area contributed by atoms with Gasteiger partial charge in [0.25, 0.3) is 5.91 Å². The van der Waals surface area contributed by atoms with Crippen LogP contribution in [0.15, 0.2) is 47.8 Å². The molecule has 1 fully saturated rings. The van der Waals surface area contributed by atoms with Crippen molar-refractivity contribution in [2.45, 2.75) is 45.1 Å². The molecule has 6 heteroatoms. The standard InChI is InChI=1S/C23H25N3O2S/c1-16-15-29-23(24-16)25-21(27)14-26(18-10-3-2-4-11-18)22(28)20-13-7-9-17-8-5-6-12-19(17)20/h5-9,12-13,15,18H,2-4,10-11,14H2,1H3,(H,24,25,27). The van der Waals surface area contributed by atoms with Crippen molar-refractivity contribution in [2.75, 3.05) is 11.9 Å². The largest absolute Gasteiger partial charge is 0.326 e. The molecule has 2 amide bonds. The number of thiazole rings is 1. The molecule has 1 aliphatic carbocycles. The summed E-state index contributed by atoms with van der Waals surface area (Å²) in [6.45, 7) is 1.94. The van der Waals surface area contributed by atoms with E-state index in [2.05, 4.69) is 10.3 Å². The Morgan fingerprint density at radius 1 is 1.10 bits per heavy atom. The van der Waals surface area contributed by atoms with Gasteiger partial charge in [0.15, 0.2) is 5.13 Å². The lowest BCUT2D eigenvalue weighted by atomic mass is 9.93. The summed E-state index contributed by atoms with van der Waals surface area (Å²) in [6.07, 6.45) is 5.27. The molecule has 1 heterocycles. The van der Waals surface area contributed by atoms with E-state index in [1.165, 1.54) is 17.8 Å². The predicted octanol–water partition coefficient (Wildman–Crippen LogP) is 5.02. The normalized spacial score (nSPS) is 14.7. The van der Waals surface area contributed by atoms with Crippen LogP contribution in [0.25, 0.3) is 10.8 Å². The fourth-order valence-electron chi connectivity index (χ4n) is 4.05. The maximum absolute atomic E-state index is 13.6. The zero-order chi connectivity index (χ0) is 20.2. The van der Waals surface area contributed by atoms with E-state index < -0.39 is 0 Å². The minimum absolute atomic E-state index is 0.0470. The van der Waals surface area contributed by atoms with Gasteiger partial charge in [-0.3, -0.25) is 9.59 Å². The smallest absolute Gasteiger partial charge is 0.255 e. The number of nitrogens with zero attached hydrogens (tertiary/aromatic N) is 2. The molecule has 0 saturated heterocycles. The van der Waals surface area contributed by atoms with Crippen molar-refractivity contribution < 1.29 is 9.59 Å². The maximum Gasteiger partial charge on any atom is 0.255 e. The molecule has 1 aromatic heterocycles. The Kier molecular flexibility index (Phi) is 5.90. The van der Waals surface area contributed by atoms with E-state index in [4.69, 9.17) is 0 Å². The van der Waals surface area contributed by atoms with Crippen molar-refractivity contribution in [3.05, 3.63) is 59.1 Å². The van der Waals surface area contributed by atoms with Gasteiger partial charge < -0.3 is 10.2 Å². The second kappa shape index (κ2) is 8.74. The van der Waals surface area contributed by atoms with Crippen LogP contribution in [-0.4, -0.2) is 34.3 Å². The lowest BCUT2D eigenvalue weighted by molar-refractivity contribution is -0.117. The summed E-state index contributed by atoms with van der Waals surface area (Å²) in [5, 5.41) is 7.29. The Labute approximate surface area is 174 Å². The third-order valence-corrected chi connectivity index (χ3v) is 6.35. The summed E-state index contributed by atoms with van der Waals surface area (Å²) >= 11 is 1.40. The Bertz CT molecular complexity index is 1020. The van der Waals surface area contributed by atoms with Crippen molar-refractivity contribution in [1.29, 1.82) is 0 Å². The van der Waals surface area contributed by atoms with E-state index in [9.17, 15) is 9.59 Å². The van der Waals surface area contributed by atoms with Gasteiger partial charge in [-0.25, -0.2) is 4.98 Å². The number of rotatable bonds is 5. The van der Waals surface area contributed by atoms with Gasteiger partial charge in [-0.2, -0.15) is 0 Å². The van der Waals surface area contributed by atoms with Crippen LogP contribution in [0.3, 0.4) is 0 Å². The molecule has 0 unspecified atom stereocenters. The highest BCUT2D eigenvalue weighted by Crippen LogP contribution is 2.27. The number of anilines is 1. The van der Waals surface area contributed by atoms with Gasteiger partial charge in [0.1, 0.15) is 6.54 Å². The molecule has 0 bridgehead atoms. The van der Waals surface area contributed by atoms with Gasteiger partial charge in [0, 0.05) is 17.0 Å². The van der Waals surface area contributed by atoms with E-state index in [0.717, 1.165) is 42.1 Å². The van der Waals surface area contributed by atoms with E-state index >= 15 is 0 Å². The highest BCUT2D eigenvalue weighted by atomic mass is 32.1. The lowest BCUT2D eigenvalue weighted by Gasteiger charge is -2.34. The van der Waals surface area contributed by atoms with E-state index in [-0.39, 0.29) is 24.4 Å². The monoisotopic (exact) mass is 407 g/mol. The third kappa shape index (κ3) is 4.48. The molecule has 0 atom stereocenters. The van der Waals surface area contributed by atoms with E-state index in [1.54, 1.807) is 4.90 Å². The Morgan fingerprint density at radius 2 is 1.86 bits per heavy atom. The average Bonchev–Trinajstić information content (AvgIpc) is 3.16. The molecular weight excluding hydrogens is 382 g/mol. The Morgan fingerprint density at radius 3 is 2.62 bits per heavy atom. The van der Waals surface area contributed by atoms with Crippen LogP contribution in [0, 0.1) is 6.92 Å². The van der Waals surface area contributed by atoms with Crippen LogP contribution in [-0.2, 0) is 4.79 Å². The first-order chi connectivity index (χ1) is 14.1. The van der Waals surface area contributed by atoms with Crippen LogP contribution in [0.2, 0.25) is 0 Å². The summed E-state index contributed by atoms with van der Waals surface area (Å²) in [5.41, 5.74) is 1.54. The maximum atomic E-state index is 13.6. The summed E-state index contributed by atoms with van der Waals surface area (Å²) in [5.74, 6) is -0.266. The fourth-order valence-corrected chi connectivity index (χ4v) is 4.76. The van der Waals surface area contributed by atoms with Crippen molar-refractivity contribution in [1.82, 2.24) is 9.88 Å². The zero-order valence-corrected chi connectivity index (χ0v) is 17.4. The lowest BCUT2D eigenvalue weighted by Crippen LogP contribution is -2.45. The summed E-state index contributed by atoms with van der Waals surface area (Å²) < 4.78 is 0. The van der Waals surface area contributed by atoms with Crippen molar-refractivity contribution >= 4 is 39.1 Å². The number of aryl methyl sites for hydroxylation is 1. The minimum Gasteiger partial charge on any atom is -0.326 e. The second-order valence-electron chi connectivity index (χ2n) is 7.59. The van der Waals surface area contributed by atoms with Crippen LogP contribution in [0.5, 0.6) is 0 Å². The summed E-state index contributed by atoms with van der Waals surface area (Å²) in [7, 11) is 0. The highest BCUT2D eigenvalue weighted by Gasteiger charge is 2.29. The topological polar surface area (TPSA) is 62.3 Å². The summed E-state index contributed by atoms with van der Waals surface area (Å²) in [6, 6.07) is 13.8. The number of carbonyl (C=O) groups excluding carboxylic acids is 2. The predicted molar refractivity (Wildman–Crippen MR) is 117 cm³/mol. The number of amides is 2. The second-order valence-corrected chi connectivity index (χ2v) is 8.45. The van der Waals surface area contributed by atoms with Crippen molar-refractivity contribution in [3.63, 3.8) is 0 Å². The van der Waals surface area contributed by atoms with Gasteiger partial charge >= 0.3 is 0 Å².